The van der Waals surface area contributed by atoms with E-state index in [4.69, 9.17) is 0 Å². The second kappa shape index (κ2) is 8.54. The highest BCUT2D eigenvalue weighted by molar-refractivity contribution is 5.95. The second-order valence-corrected chi connectivity index (χ2v) is 5.69. The molecule has 2 amide bonds. The molecule has 1 aliphatic heterocycles. The van der Waals surface area contributed by atoms with Gasteiger partial charge in [-0.15, -0.1) is 0 Å². The average Bonchev–Trinajstić information content (AvgIpc) is 2.82. The van der Waals surface area contributed by atoms with Crippen molar-refractivity contribution in [2.75, 3.05) is 32.0 Å². The van der Waals surface area contributed by atoms with E-state index in [1.807, 2.05) is 11.9 Å². The minimum absolute atomic E-state index is 0.0269. The van der Waals surface area contributed by atoms with Gasteiger partial charge in [0.05, 0.1) is 0 Å². The van der Waals surface area contributed by atoms with Crippen molar-refractivity contribution in [3.8, 4) is 0 Å². The summed E-state index contributed by atoms with van der Waals surface area (Å²) in [6.07, 6.45) is 5.03. The highest BCUT2D eigenvalue weighted by Gasteiger charge is 2.17. The normalized spacial score (nSPS) is 15.2. The predicted molar refractivity (Wildman–Crippen MR) is 88.0 cm³/mol. The largest absolute Gasteiger partial charge is 0.339 e. The van der Waals surface area contributed by atoms with Crippen LogP contribution in [-0.4, -0.2) is 43.4 Å². The lowest BCUT2D eigenvalue weighted by Gasteiger charge is -2.20. The Kier molecular flexibility index (Phi) is 6.40. The van der Waals surface area contributed by atoms with E-state index in [1.165, 1.54) is 12.8 Å². The Morgan fingerprint density at radius 2 is 1.68 bits per heavy atom. The Balaban J connectivity index is 1.92. The molecule has 5 heteroatoms. The van der Waals surface area contributed by atoms with Crippen LogP contribution >= 0.6 is 0 Å². The zero-order chi connectivity index (χ0) is 15.8. The van der Waals surface area contributed by atoms with Crippen molar-refractivity contribution < 1.29 is 9.59 Å². The third-order valence-corrected chi connectivity index (χ3v) is 3.91. The fraction of sp³-hybridized carbons (Fsp3) is 0.529. The third-order valence-electron chi connectivity index (χ3n) is 3.91. The maximum Gasteiger partial charge on any atom is 0.253 e. The van der Waals surface area contributed by atoms with Gasteiger partial charge in [0.1, 0.15) is 0 Å². The molecule has 2 N–H and O–H groups in total. The number of benzene rings is 1. The minimum Gasteiger partial charge on any atom is -0.339 e. The lowest BCUT2D eigenvalue weighted by molar-refractivity contribution is -0.116. The summed E-state index contributed by atoms with van der Waals surface area (Å²) in [5, 5.41) is 5.77. The number of anilines is 1. The summed E-state index contributed by atoms with van der Waals surface area (Å²) in [5.74, 6) is 0.0657. The lowest BCUT2D eigenvalue weighted by atomic mass is 10.1. The summed E-state index contributed by atoms with van der Waals surface area (Å²) in [6.45, 7) is 2.35. The van der Waals surface area contributed by atoms with Gasteiger partial charge in [-0.3, -0.25) is 9.59 Å². The van der Waals surface area contributed by atoms with Gasteiger partial charge < -0.3 is 15.5 Å². The summed E-state index contributed by atoms with van der Waals surface area (Å²) in [7, 11) is 1.82. The molecule has 1 fully saturated rings. The highest BCUT2D eigenvalue weighted by Crippen LogP contribution is 2.15. The van der Waals surface area contributed by atoms with Gasteiger partial charge in [0.15, 0.2) is 0 Å². The molecule has 1 saturated heterocycles. The van der Waals surface area contributed by atoms with Gasteiger partial charge in [-0.05, 0) is 44.2 Å². The van der Waals surface area contributed by atoms with Crippen LogP contribution in [0.1, 0.15) is 42.5 Å². The highest BCUT2D eigenvalue weighted by atomic mass is 16.2. The number of carbonyl (C=O) groups excluding carboxylic acids is 2. The number of nitrogens with zero attached hydrogens (tertiary/aromatic N) is 1. The van der Waals surface area contributed by atoms with Crippen molar-refractivity contribution in [3.05, 3.63) is 29.8 Å². The maximum atomic E-state index is 12.5. The zero-order valence-corrected chi connectivity index (χ0v) is 13.2. The van der Waals surface area contributed by atoms with E-state index in [1.54, 1.807) is 24.3 Å². The van der Waals surface area contributed by atoms with Crippen LogP contribution < -0.4 is 10.6 Å². The molecule has 0 aliphatic carbocycles. The van der Waals surface area contributed by atoms with Crippen molar-refractivity contribution in [3.63, 3.8) is 0 Å². The summed E-state index contributed by atoms with van der Waals surface area (Å²) >= 11 is 0. The second-order valence-electron chi connectivity index (χ2n) is 5.69. The van der Waals surface area contributed by atoms with E-state index >= 15 is 0 Å². The van der Waals surface area contributed by atoms with Crippen molar-refractivity contribution in [1.29, 1.82) is 0 Å². The van der Waals surface area contributed by atoms with Crippen LogP contribution in [0.3, 0.4) is 0 Å². The van der Waals surface area contributed by atoms with Crippen molar-refractivity contribution >= 4 is 17.5 Å². The Bertz CT molecular complexity index is 491. The molecule has 0 unspecified atom stereocenters. The Labute approximate surface area is 132 Å². The van der Waals surface area contributed by atoms with E-state index in [9.17, 15) is 9.59 Å². The first kappa shape index (κ1) is 16.5. The Hall–Kier alpha value is -1.88. The number of carbonyl (C=O) groups is 2. The zero-order valence-electron chi connectivity index (χ0n) is 13.2. The standard InChI is InChI=1S/C17H25N3O2/c1-18-11-10-16(21)19-15-8-6-14(7-9-15)17(22)20-12-4-2-3-5-13-20/h6-9,18H,2-5,10-13H2,1H3,(H,19,21). The third kappa shape index (κ3) is 4.84. The molecule has 5 nitrogen and oxygen atoms in total. The van der Waals surface area contributed by atoms with Gasteiger partial charge in [-0.1, -0.05) is 12.8 Å². The quantitative estimate of drug-likeness (QED) is 0.877. The Morgan fingerprint density at radius 3 is 2.27 bits per heavy atom. The van der Waals surface area contributed by atoms with Crippen LogP contribution in [0, 0.1) is 0 Å². The van der Waals surface area contributed by atoms with Gasteiger partial charge in [0.2, 0.25) is 5.91 Å². The summed E-state index contributed by atoms with van der Waals surface area (Å²) in [6, 6.07) is 7.17. The SMILES string of the molecule is CNCCC(=O)Nc1ccc(C(=O)N2CCCCCC2)cc1. The van der Waals surface area contributed by atoms with Gasteiger partial charge in [0, 0.05) is 37.3 Å². The van der Waals surface area contributed by atoms with Crippen LogP contribution in [0.15, 0.2) is 24.3 Å². The molecular formula is C17H25N3O2. The molecule has 1 aliphatic rings. The van der Waals surface area contributed by atoms with Crippen LogP contribution in [0.4, 0.5) is 5.69 Å². The molecule has 1 heterocycles. The number of nitrogens with one attached hydrogen (secondary N) is 2. The summed E-state index contributed by atoms with van der Waals surface area (Å²) in [4.78, 5) is 26.0. The predicted octanol–water partition coefficient (Wildman–Crippen LogP) is 2.25. The van der Waals surface area contributed by atoms with Crippen LogP contribution in [0.25, 0.3) is 0 Å². The first-order valence-electron chi connectivity index (χ1n) is 8.04. The van der Waals surface area contributed by atoms with Crippen LogP contribution in [0.5, 0.6) is 0 Å². The number of likely N-dealkylation sites (tertiary alicyclic amines) is 1. The van der Waals surface area contributed by atoms with Gasteiger partial charge in [0.25, 0.3) is 5.91 Å². The first-order chi connectivity index (χ1) is 10.7. The molecule has 1 aromatic rings. The topological polar surface area (TPSA) is 61.4 Å². The van der Waals surface area contributed by atoms with Gasteiger partial charge >= 0.3 is 0 Å². The molecule has 0 aromatic heterocycles. The Morgan fingerprint density at radius 1 is 1.05 bits per heavy atom. The smallest absolute Gasteiger partial charge is 0.253 e. The van der Waals surface area contributed by atoms with Crippen molar-refractivity contribution in [1.82, 2.24) is 10.2 Å². The molecular weight excluding hydrogens is 278 g/mol. The summed E-state index contributed by atoms with van der Waals surface area (Å²) in [5.41, 5.74) is 1.42. The van der Waals surface area contributed by atoms with Gasteiger partial charge in [-0.25, -0.2) is 0 Å². The van der Waals surface area contributed by atoms with Crippen molar-refractivity contribution in [2.24, 2.45) is 0 Å². The molecule has 0 saturated carbocycles. The van der Waals surface area contributed by atoms with E-state index < -0.39 is 0 Å². The fourth-order valence-corrected chi connectivity index (χ4v) is 2.61. The molecule has 2 rings (SSSR count). The number of rotatable bonds is 5. The monoisotopic (exact) mass is 303 g/mol. The van der Waals surface area contributed by atoms with Crippen LogP contribution in [-0.2, 0) is 4.79 Å². The maximum absolute atomic E-state index is 12.5. The van der Waals surface area contributed by atoms with Crippen LogP contribution in [0.2, 0.25) is 0 Å². The van der Waals surface area contributed by atoms with Crippen molar-refractivity contribution in [2.45, 2.75) is 32.1 Å². The summed E-state index contributed by atoms with van der Waals surface area (Å²) < 4.78 is 0. The molecule has 22 heavy (non-hydrogen) atoms. The molecule has 0 spiro atoms. The average molecular weight is 303 g/mol. The van der Waals surface area contributed by atoms with E-state index in [-0.39, 0.29) is 11.8 Å². The van der Waals surface area contributed by atoms with E-state index in [2.05, 4.69) is 10.6 Å². The molecule has 120 valence electrons. The number of amides is 2. The van der Waals surface area contributed by atoms with E-state index in [0.717, 1.165) is 31.6 Å². The molecule has 0 atom stereocenters. The lowest BCUT2D eigenvalue weighted by Crippen LogP contribution is -2.31. The fourth-order valence-electron chi connectivity index (χ4n) is 2.61. The number of hydrogen-bond donors (Lipinski definition) is 2. The molecule has 0 bridgehead atoms. The first-order valence-corrected chi connectivity index (χ1v) is 8.04. The number of hydrogen-bond acceptors (Lipinski definition) is 3. The molecule has 1 aromatic carbocycles. The van der Waals surface area contributed by atoms with Gasteiger partial charge in [-0.2, -0.15) is 0 Å². The van der Waals surface area contributed by atoms with E-state index in [0.29, 0.717) is 18.5 Å². The minimum atomic E-state index is -0.0269. The molecule has 0 radical (unpaired) electrons.